The van der Waals surface area contributed by atoms with Crippen molar-refractivity contribution in [2.75, 3.05) is 47.6 Å². The molecular weight excluding hydrogens is 494 g/mol. The summed E-state index contributed by atoms with van der Waals surface area (Å²) in [6.45, 7) is 3.22. The maximum absolute atomic E-state index is 15.2. The second-order valence-corrected chi connectivity index (χ2v) is 8.73. The predicted octanol–water partition coefficient (Wildman–Crippen LogP) is 4.68. The van der Waals surface area contributed by atoms with Gasteiger partial charge in [0.05, 0.1) is 52.1 Å². The molecule has 196 valence electrons. The van der Waals surface area contributed by atoms with Crippen LogP contribution in [0.4, 0.5) is 8.78 Å². The zero-order valence-corrected chi connectivity index (χ0v) is 21.3. The van der Waals surface area contributed by atoms with Gasteiger partial charge in [0.15, 0.2) is 17.1 Å². The second kappa shape index (κ2) is 10.7. The molecule has 10 heteroatoms. The fourth-order valence-corrected chi connectivity index (χ4v) is 4.86. The van der Waals surface area contributed by atoms with Crippen LogP contribution in [0.25, 0.3) is 28.0 Å². The van der Waals surface area contributed by atoms with E-state index in [1.807, 2.05) is 0 Å². The maximum atomic E-state index is 15.2. The van der Waals surface area contributed by atoms with Gasteiger partial charge in [0.2, 0.25) is 5.75 Å². The summed E-state index contributed by atoms with van der Waals surface area (Å²) in [5, 5.41) is 10.3. The first-order chi connectivity index (χ1) is 18.5. The molecule has 5 rings (SSSR count). The second-order valence-electron chi connectivity index (χ2n) is 8.73. The Morgan fingerprint density at radius 1 is 0.947 bits per heavy atom. The fraction of sp³-hybridized carbons (Fsp3) is 0.286. The smallest absolute Gasteiger partial charge is 0.203 e. The van der Waals surface area contributed by atoms with Crippen molar-refractivity contribution in [3.05, 3.63) is 65.5 Å². The third kappa shape index (κ3) is 4.40. The molecule has 38 heavy (non-hydrogen) atoms. The molecule has 1 fully saturated rings. The van der Waals surface area contributed by atoms with Crippen LogP contribution in [0.1, 0.15) is 11.3 Å². The third-order valence-electron chi connectivity index (χ3n) is 6.65. The van der Waals surface area contributed by atoms with Crippen molar-refractivity contribution in [3.63, 3.8) is 0 Å². The Balaban J connectivity index is 1.81. The first-order valence-corrected chi connectivity index (χ1v) is 12.0. The number of halogens is 2. The molecular formula is C28H26F2N4O4. The number of hydrogen-bond donors (Lipinski definition) is 0. The number of hydrogen-bond acceptors (Lipinski definition) is 7. The lowest BCUT2D eigenvalue weighted by Crippen LogP contribution is -2.36. The summed E-state index contributed by atoms with van der Waals surface area (Å²) in [5.74, 6) is -0.268. The van der Waals surface area contributed by atoms with Crippen LogP contribution in [0.5, 0.6) is 17.2 Å². The molecule has 1 aliphatic rings. The van der Waals surface area contributed by atoms with E-state index in [2.05, 4.69) is 16.0 Å². The van der Waals surface area contributed by atoms with Gasteiger partial charge in [-0.05, 0) is 30.3 Å². The summed E-state index contributed by atoms with van der Waals surface area (Å²) in [7, 11) is 4.49. The molecule has 2 aromatic carbocycles. The van der Waals surface area contributed by atoms with Gasteiger partial charge in [0.25, 0.3) is 0 Å². The van der Waals surface area contributed by atoms with E-state index in [4.69, 9.17) is 18.9 Å². The summed E-state index contributed by atoms with van der Waals surface area (Å²) in [6.07, 6.45) is 1.69. The highest BCUT2D eigenvalue weighted by Crippen LogP contribution is 2.46. The van der Waals surface area contributed by atoms with Crippen molar-refractivity contribution in [3.8, 4) is 45.7 Å². The normalized spacial score (nSPS) is 13.9. The van der Waals surface area contributed by atoms with Gasteiger partial charge in [-0.2, -0.15) is 5.26 Å². The molecule has 0 atom stereocenters. The maximum Gasteiger partial charge on any atom is 0.203 e. The molecule has 0 bridgehead atoms. The summed E-state index contributed by atoms with van der Waals surface area (Å²) in [6, 6.07) is 10.9. The lowest BCUT2D eigenvalue weighted by atomic mass is 9.96. The lowest BCUT2D eigenvalue weighted by Gasteiger charge is -2.26. The van der Waals surface area contributed by atoms with Crippen LogP contribution >= 0.6 is 0 Å². The number of imidazole rings is 1. The minimum Gasteiger partial charge on any atom is -0.493 e. The van der Waals surface area contributed by atoms with E-state index in [1.54, 1.807) is 28.8 Å². The highest BCUT2D eigenvalue weighted by atomic mass is 19.1. The van der Waals surface area contributed by atoms with Gasteiger partial charge in [0.1, 0.15) is 23.3 Å². The largest absolute Gasteiger partial charge is 0.493 e. The Morgan fingerprint density at radius 2 is 1.68 bits per heavy atom. The number of fused-ring (bicyclic) bond motifs is 1. The van der Waals surface area contributed by atoms with E-state index < -0.39 is 11.6 Å². The minimum atomic E-state index is -0.729. The van der Waals surface area contributed by atoms with Gasteiger partial charge in [-0.3, -0.25) is 9.30 Å². The van der Waals surface area contributed by atoms with E-state index in [1.165, 1.54) is 33.5 Å². The molecule has 0 N–H and O–H groups in total. The lowest BCUT2D eigenvalue weighted by molar-refractivity contribution is 0.0335. The number of morpholine rings is 1. The number of nitriles is 1. The van der Waals surface area contributed by atoms with Crippen molar-refractivity contribution in [1.82, 2.24) is 14.3 Å². The molecule has 0 spiro atoms. The van der Waals surface area contributed by atoms with Gasteiger partial charge >= 0.3 is 0 Å². The van der Waals surface area contributed by atoms with Crippen LogP contribution in [-0.4, -0.2) is 61.9 Å². The van der Waals surface area contributed by atoms with E-state index in [-0.39, 0.29) is 11.1 Å². The highest BCUT2D eigenvalue weighted by Gasteiger charge is 2.25. The Labute approximate surface area is 218 Å². The Hall–Kier alpha value is -4.20. The summed E-state index contributed by atoms with van der Waals surface area (Å²) in [5.41, 5.74) is 2.97. The number of aromatic nitrogens is 2. The van der Waals surface area contributed by atoms with Crippen molar-refractivity contribution < 1.29 is 27.7 Å². The van der Waals surface area contributed by atoms with E-state index >= 15 is 4.39 Å². The van der Waals surface area contributed by atoms with Crippen LogP contribution in [0.15, 0.2) is 42.6 Å². The average molecular weight is 521 g/mol. The molecule has 0 unspecified atom stereocenters. The van der Waals surface area contributed by atoms with Crippen LogP contribution in [0.3, 0.4) is 0 Å². The Morgan fingerprint density at radius 3 is 2.34 bits per heavy atom. The zero-order chi connectivity index (χ0) is 26.8. The summed E-state index contributed by atoms with van der Waals surface area (Å²) in [4.78, 5) is 6.80. The van der Waals surface area contributed by atoms with Gasteiger partial charge < -0.3 is 18.9 Å². The number of methoxy groups -OCH3 is 3. The zero-order valence-electron chi connectivity index (χ0n) is 21.3. The van der Waals surface area contributed by atoms with Crippen LogP contribution < -0.4 is 14.2 Å². The molecule has 1 saturated heterocycles. The van der Waals surface area contributed by atoms with Gasteiger partial charge in [0, 0.05) is 42.4 Å². The number of rotatable bonds is 7. The highest BCUT2D eigenvalue weighted by molar-refractivity contribution is 5.87. The number of ether oxygens (including phenoxy) is 4. The molecule has 0 amide bonds. The molecule has 1 aliphatic heterocycles. The summed E-state index contributed by atoms with van der Waals surface area (Å²) < 4.78 is 52.9. The number of nitrogens with zero attached hydrogens (tertiary/aromatic N) is 4. The van der Waals surface area contributed by atoms with Crippen LogP contribution in [0.2, 0.25) is 0 Å². The molecule has 0 radical (unpaired) electrons. The van der Waals surface area contributed by atoms with Crippen molar-refractivity contribution in [2.24, 2.45) is 0 Å². The number of benzene rings is 2. The monoisotopic (exact) mass is 520 g/mol. The first-order valence-electron chi connectivity index (χ1n) is 12.0. The predicted molar refractivity (Wildman–Crippen MR) is 136 cm³/mol. The quantitative estimate of drug-likeness (QED) is 0.350. The molecule has 2 aromatic heterocycles. The van der Waals surface area contributed by atoms with Crippen molar-refractivity contribution in [1.29, 1.82) is 5.26 Å². The standard InChI is InChI=1S/C28H26F2N4O4/c1-35-25-7-6-19(26(36-2)27(25)37-3)21-13-24(20-5-4-17(29)12-23(20)30)34-18(15-32-28(34)22(21)14-31)16-33-8-10-38-11-9-33/h4-7,12-13,15H,8-11,16H2,1-3H3. The number of pyridine rings is 1. The topological polar surface area (TPSA) is 81.2 Å². The summed E-state index contributed by atoms with van der Waals surface area (Å²) >= 11 is 0. The molecule has 8 nitrogen and oxygen atoms in total. The molecule has 0 aliphatic carbocycles. The van der Waals surface area contributed by atoms with Crippen molar-refractivity contribution >= 4 is 5.65 Å². The van der Waals surface area contributed by atoms with Gasteiger partial charge in [-0.15, -0.1) is 0 Å². The minimum absolute atomic E-state index is 0.169. The van der Waals surface area contributed by atoms with E-state index in [0.29, 0.717) is 59.5 Å². The molecule has 3 heterocycles. The van der Waals surface area contributed by atoms with E-state index in [9.17, 15) is 9.65 Å². The molecule has 4 aromatic rings. The SMILES string of the molecule is COc1ccc(-c2cc(-c3ccc(F)cc3F)n3c(CN4CCOCC4)cnc3c2C#N)c(OC)c1OC. The van der Waals surface area contributed by atoms with Gasteiger partial charge in [-0.25, -0.2) is 13.8 Å². The fourth-order valence-electron chi connectivity index (χ4n) is 4.86. The van der Waals surface area contributed by atoms with Gasteiger partial charge in [-0.1, -0.05) is 0 Å². The average Bonchev–Trinajstić information content (AvgIpc) is 3.35. The molecule has 0 saturated carbocycles. The van der Waals surface area contributed by atoms with Crippen molar-refractivity contribution in [2.45, 2.75) is 6.54 Å². The van der Waals surface area contributed by atoms with E-state index in [0.717, 1.165) is 24.8 Å². The van der Waals surface area contributed by atoms with Crippen LogP contribution in [-0.2, 0) is 11.3 Å². The Bertz CT molecular complexity index is 1540. The third-order valence-corrected chi connectivity index (χ3v) is 6.65. The Kier molecular flexibility index (Phi) is 7.13. The first kappa shape index (κ1) is 25.4. The van der Waals surface area contributed by atoms with Crippen LogP contribution in [0, 0.1) is 23.0 Å².